The Labute approximate surface area is 115 Å². The lowest BCUT2D eigenvalue weighted by Crippen LogP contribution is -2.39. The molecule has 3 rings (SSSR count). The number of nitrogens with one attached hydrogen (secondary N) is 3. The van der Waals surface area contributed by atoms with E-state index in [4.69, 9.17) is 0 Å². The van der Waals surface area contributed by atoms with Crippen molar-refractivity contribution in [1.29, 1.82) is 0 Å². The number of nitrogens with zero attached hydrogens (tertiary/aromatic N) is 1. The number of H-pyrrole nitrogens is 1. The summed E-state index contributed by atoms with van der Waals surface area (Å²) >= 11 is 0. The molecular weight excluding hydrogens is 256 g/mol. The van der Waals surface area contributed by atoms with Gasteiger partial charge in [0.2, 0.25) is 5.91 Å². The second-order valence-corrected chi connectivity index (χ2v) is 4.68. The van der Waals surface area contributed by atoms with E-state index in [1.165, 1.54) is 0 Å². The van der Waals surface area contributed by atoms with Crippen LogP contribution in [0, 0.1) is 0 Å². The number of fused-ring (bicyclic) bond motifs is 1. The maximum atomic E-state index is 11.7. The van der Waals surface area contributed by atoms with Crippen molar-refractivity contribution < 1.29 is 9.59 Å². The summed E-state index contributed by atoms with van der Waals surface area (Å²) in [5.41, 5.74) is 4.37. The number of aromatic nitrogens is 1. The molecule has 1 atom stereocenters. The molecule has 1 saturated heterocycles. The van der Waals surface area contributed by atoms with Crippen molar-refractivity contribution in [2.45, 2.75) is 18.9 Å². The van der Waals surface area contributed by atoms with E-state index in [0.29, 0.717) is 12.8 Å². The minimum absolute atomic E-state index is 0.0919. The first kappa shape index (κ1) is 12.4. The number of aromatic amines is 1. The van der Waals surface area contributed by atoms with E-state index in [1.807, 2.05) is 30.5 Å². The molecule has 0 bridgehead atoms. The maximum absolute atomic E-state index is 11.7. The van der Waals surface area contributed by atoms with Crippen molar-refractivity contribution in [1.82, 2.24) is 15.7 Å². The Bertz CT molecular complexity index is 689. The van der Waals surface area contributed by atoms with Crippen LogP contribution < -0.4 is 10.7 Å². The average Bonchev–Trinajstić information content (AvgIpc) is 3.06. The van der Waals surface area contributed by atoms with Crippen LogP contribution >= 0.6 is 0 Å². The second kappa shape index (κ2) is 5.16. The lowest BCUT2D eigenvalue weighted by Gasteiger charge is -2.06. The van der Waals surface area contributed by atoms with Gasteiger partial charge in [0.1, 0.15) is 6.04 Å². The van der Waals surface area contributed by atoms with Gasteiger partial charge in [-0.05, 0) is 12.5 Å². The summed E-state index contributed by atoms with van der Waals surface area (Å²) in [6.07, 6.45) is 4.34. The molecule has 1 aromatic heterocycles. The molecule has 1 unspecified atom stereocenters. The molecule has 20 heavy (non-hydrogen) atoms. The molecule has 2 aromatic rings. The zero-order chi connectivity index (χ0) is 13.9. The molecule has 6 heteroatoms. The fourth-order valence-electron chi connectivity index (χ4n) is 2.25. The fourth-order valence-corrected chi connectivity index (χ4v) is 2.25. The van der Waals surface area contributed by atoms with Crippen LogP contribution in [-0.2, 0) is 9.59 Å². The average molecular weight is 270 g/mol. The minimum Gasteiger partial charge on any atom is -0.361 e. The molecular formula is C14H14N4O2. The van der Waals surface area contributed by atoms with Crippen molar-refractivity contribution >= 4 is 28.9 Å². The summed E-state index contributed by atoms with van der Waals surface area (Å²) in [6, 6.07) is 7.37. The van der Waals surface area contributed by atoms with Crippen molar-refractivity contribution in [2.75, 3.05) is 0 Å². The molecule has 1 fully saturated rings. The lowest BCUT2D eigenvalue weighted by atomic mass is 10.2. The Morgan fingerprint density at radius 1 is 1.40 bits per heavy atom. The number of para-hydroxylation sites is 1. The number of benzene rings is 1. The molecule has 0 saturated carbocycles. The Morgan fingerprint density at radius 3 is 3.05 bits per heavy atom. The molecule has 3 N–H and O–H groups in total. The number of rotatable bonds is 3. The third-order valence-corrected chi connectivity index (χ3v) is 3.31. The van der Waals surface area contributed by atoms with Gasteiger partial charge < -0.3 is 10.3 Å². The van der Waals surface area contributed by atoms with Crippen LogP contribution in [0.1, 0.15) is 18.4 Å². The summed E-state index contributed by atoms with van der Waals surface area (Å²) in [6.45, 7) is 0. The Kier molecular flexibility index (Phi) is 3.20. The van der Waals surface area contributed by atoms with Gasteiger partial charge >= 0.3 is 0 Å². The van der Waals surface area contributed by atoms with Crippen LogP contribution in [0.5, 0.6) is 0 Å². The first-order valence-electron chi connectivity index (χ1n) is 6.42. The number of carbonyl (C=O) groups is 2. The van der Waals surface area contributed by atoms with Gasteiger partial charge in [-0.3, -0.25) is 9.59 Å². The highest BCUT2D eigenvalue weighted by atomic mass is 16.2. The first-order chi connectivity index (χ1) is 9.74. The van der Waals surface area contributed by atoms with Gasteiger partial charge in [0.25, 0.3) is 5.91 Å². The van der Waals surface area contributed by atoms with Crippen LogP contribution in [0.2, 0.25) is 0 Å². The number of amides is 2. The molecule has 0 aliphatic carbocycles. The van der Waals surface area contributed by atoms with E-state index in [9.17, 15) is 9.59 Å². The highest BCUT2D eigenvalue weighted by Crippen LogP contribution is 2.15. The van der Waals surface area contributed by atoms with Gasteiger partial charge in [-0.2, -0.15) is 5.10 Å². The van der Waals surface area contributed by atoms with Gasteiger partial charge in [-0.25, -0.2) is 5.43 Å². The predicted octanol–water partition coefficient (Wildman–Crippen LogP) is 0.897. The van der Waals surface area contributed by atoms with Crippen LogP contribution in [0.4, 0.5) is 0 Å². The van der Waals surface area contributed by atoms with Crippen LogP contribution in [0.3, 0.4) is 0 Å². The van der Waals surface area contributed by atoms with Gasteiger partial charge in [0, 0.05) is 29.1 Å². The number of hydrogen-bond acceptors (Lipinski definition) is 3. The molecule has 6 nitrogen and oxygen atoms in total. The zero-order valence-electron chi connectivity index (χ0n) is 10.7. The van der Waals surface area contributed by atoms with Crippen LogP contribution in [0.25, 0.3) is 10.9 Å². The molecule has 0 spiro atoms. The largest absolute Gasteiger partial charge is 0.361 e. The summed E-state index contributed by atoms with van der Waals surface area (Å²) in [7, 11) is 0. The van der Waals surface area contributed by atoms with Gasteiger partial charge in [0.15, 0.2) is 0 Å². The van der Waals surface area contributed by atoms with Crippen molar-refractivity contribution in [2.24, 2.45) is 5.10 Å². The quantitative estimate of drug-likeness (QED) is 0.571. The van der Waals surface area contributed by atoms with Gasteiger partial charge in [-0.15, -0.1) is 0 Å². The molecule has 102 valence electrons. The smallest absolute Gasteiger partial charge is 0.262 e. The topological polar surface area (TPSA) is 86.3 Å². The van der Waals surface area contributed by atoms with E-state index in [-0.39, 0.29) is 11.8 Å². The summed E-state index contributed by atoms with van der Waals surface area (Å²) in [5.74, 6) is -0.377. The Balaban J connectivity index is 1.66. The molecule has 1 aliphatic heterocycles. The van der Waals surface area contributed by atoms with E-state index < -0.39 is 6.04 Å². The molecule has 1 aromatic carbocycles. The first-order valence-corrected chi connectivity index (χ1v) is 6.42. The van der Waals surface area contributed by atoms with Crippen molar-refractivity contribution in [3.8, 4) is 0 Å². The van der Waals surface area contributed by atoms with Crippen LogP contribution in [0.15, 0.2) is 35.6 Å². The van der Waals surface area contributed by atoms with Crippen LogP contribution in [-0.4, -0.2) is 29.1 Å². The highest BCUT2D eigenvalue weighted by molar-refractivity contribution is 5.99. The van der Waals surface area contributed by atoms with Gasteiger partial charge in [0.05, 0.1) is 6.21 Å². The van der Waals surface area contributed by atoms with E-state index >= 15 is 0 Å². The maximum Gasteiger partial charge on any atom is 0.262 e. The fraction of sp³-hybridized carbons (Fsp3) is 0.214. The molecule has 0 radical (unpaired) electrons. The number of carbonyl (C=O) groups excluding carboxylic acids is 2. The van der Waals surface area contributed by atoms with Crippen molar-refractivity contribution in [3.63, 3.8) is 0 Å². The molecule has 2 heterocycles. The minimum atomic E-state index is -0.470. The normalized spacial score (nSPS) is 18.6. The van der Waals surface area contributed by atoms with E-state index in [2.05, 4.69) is 20.8 Å². The third kappa shape index (κ3) is 2.40. The summed E-state index contributed by atoms with van der Waals surface area (Å²) in [4.78, 5) is 25.9. The highest BCUT2D eigenvalue weighted by Gasteiger charge is 2.26. The Morgan fingerprint density at radius 2 is 2.25 bits per heavy atom. The zero-order valence-corrected chi connectivity index (χ0v) is 10.7. The van der Waals surface area contributed by atoms with Crippen molar-refractivity contribution in [3.05, 3.63) is 36.0 Å². The summed E-state index contributed by atoms with van der Waals surface area (Å²) < 4.78 is 0. The monoisotopic (exact) mass is 270 g/mol. The standard InChI is InChI=1S/C14H14N4O2/c19-13-6-5-12(17-13)14(20)18-16-8-9-7-15-11-4-2-1-3-10(9)11/h1-4,7-8,12,15H,5-6H2,(H,17,19)(H,18,20)/b16-8+. The van der Waals surface area contributed by atoms with E-state index in [0.717, 1.165) is 16.5 Å². The third-order valence-electron chi connectivity index (χ3n) is 3.31. The van der Waals surface area contributed by atoms with Gasteiger partial charge in [-0.1, -0.05) is 18.2 Å². The predicted molar refractivity (Wildman–Crippen MR) is 75.2 cm³/mol. The SMILES string of the molecule is O=C1CCC(C(=O)N/N=C/c2c[nH]c3ccccc23)N1. The van der Waals surface area contributed by atoms with E-state index in [1.54, 1.807) is 6.21 Å². The number of hydrazone groups is 1. The second-order valence-electron chi connectivity index (χ2n) is 4.68. The summed E-state index contributed by atoms with van der Waals surface area (Å²) in [5, 5.41) is 7.57. The lowest BCUT2D eigenvalue weighted by molar-refractivity contribution is -0.125. The Hall–Kier alpha value is -2.63. The number of hydrogen-bond donors (Lipinski definition) is 3. The molecule has 1 aliphatic rings. The molecule has 2 amide bonds.